The van der Waals surface area contributed by atoms with E-state index < -0.39 is 0 Å². The van der Waals surface area contributed by atoms with Gasteiger partial charge in [-0.1, -0.05) is 58.0 Å². The van der Waals surface area contributed by atoms with Gasteiger partial charge in [0.2, 0.25) is 0 Å². The topological polar surface area (TPSA) is 26.3 Å². The van der Waals surface area contributed by atoms with Crippen molar-refractivity contribution < 1.29 is 9.53 Å². The number of benzene rings is 1. The molecule has 1 aromatic rings. The van der Waals surface area contributed by atoms with Crippen LogP contribution in [0.5, 0.6) is 0 Å². The molecule has 0 saturated heterocycles. The van der Waals surface area contributed by atoms with Crippen LogP contribution in [0, 0.1) is 0 Å². The summed E-state index contributed by atoms with van der Waals surface area (Å²) in [5.41, 5.74) is 0.729. The molecule has 0 saturated carbocycles. The molecule has 0 fully saturated rings. The lowest BCUT2D eigenvalue weighted by molar-refractivity contribution is 0.112. The monoisotopic (exact) mass is 212 g/mol. The summed E-state index contributed by atoms with van der Waals surface area (Å²) in [6.07, 6.45) is 0.833. The molecule has 88 valence electrons. The molecule has 0 unspecified atom stereocenters. The van der Waals surface area contributed by atoms with Crippen LogP contribution in [0.15, 0.2) is 30.3 Å². The van der Waals surface area contributed by atoms with Crippen LogP contribution in [0.2, 0.25) is 0 Å². The second-order valence-electron chi connectivity index (χ2n) is 1.94. The zero-order valence-electron chi connectivity index (χ0n) is 10.8. The summed E-state index contributed by atoms with van der Waals surface area (Å²) < 4.78 is 4.25. The third kappa shape index (κ3) is 19.3. The zero-order valence-corrected chi connectivity index (χ0v) is 10.8. The molecular weight excluding hydrogens is 188 g/mol. The van der Waals surface area contributed by atoms with E-state index in [1.54, 1.807) is 26.4 Å². The number of rotatable bonds is 1. The van der Waals surface area contributed by atoms with E-state index in [2.05, 4.69) is 4.74 Å². The SMILES string of the molecule is CC.CC.COC.O=Cc1ccccc1. The highest BCUT2D eigenvalue weighted by Crippen LogP contribution is 1.91. The van der Waals surface area contributed by atoms with Gasteiger partial charge in [-0.15, -0.1) is 0 Å². The summed E-state index contributed by atoms with van der Waals surface area (Å²) in [5.74, 6) is 0. The van der Waals surface area contributed by atoms with E-state index in [0.717, 1.165) is 11.8 Å². The van der Waals surface area contributed by atoms with Crippen molar-refractivity contribution in [1.82, 2.24) is 0 Å². The molecule has 1 aromatic carbocycles. The lowest BCUT2D eigenvalue weighted by Gasteiger charge is -1.81. The van der Waals surface area contributed by atoms with Crippen LogP contribution < -0.4 is 0 Å². The molecule has 15 heavy (non-hydrogen) atoms. The molecule has 1 rings (SSSR count). The Hall–Kier alpha value is -1.15. The average molecular weight is 212 g/mol. The molecule has 0 N–H and O–H groups in total. The summed E-state index contributed by atoms with van der Waals surface area (Å²) in [6, 6.07) is 9.10. The molecule has 0 spiro atoms. The van der Waals surface area contributed by atoms with E-state index in [4.69, 9.17) is 0 Å². The van der Waals surface area contributed by atoms with Crippen molar-refractivity contribution >= 4 is 6.29 Å². The van der Waals surface area contributed by atoms with E-state index in [1.165, 1.54) is 0 Å². The summed E-state index contributed by atoms with van der Waals surface area (Å²) in [7, 11) is 3.25. The van der Waals surface area contributed by atoms with Crippen molar-refractivity contribution in [2.75, 3.05) is 14.2 Å². The quantitative estimate of drug-likeness (QED) is 0.662. The maximum atomic E-state index is 10.0. The fourth-order valence-electron chi connectivity index (χ4n) is 0.532. The van der Waals surface area contributed by atoms with Crippen LogP contribution in [0.4, 0.5) is 0 Å². The van der Waals surface area contributed by atoms with Gasteiger partial charge in [-0.3, -0.25) is 4.79 Å². The van der Waals surface area contributed by atoms with Gasteiger partial charge in [-0.05, 0) is 0 Å². The molecule has 0 aliphatic carbocycles. The Bertz CT molecular complexity index is 183. The third-order valence-corrected chi connectivity index (χ3v) is 0.936. The van der Waals surface area contributed by atoms with Gasteiger partial charge < -0.3 is 4.74 Å². The molecule has 0 radical (unpaired) electrons. The maximum absolute atomic E-state index is 10.0. The van der Waals surface area contributed by atoms with Crippen molar-refractivity contribution in [3.8, 4) is 0 Å². The fraction of sp³-hybridized carbons (Fsp3) is 0.462. The normalized spacial score (nSPS) is 6.53. The predicted octanol–water partition coefficient (Wildman–Crippen LogP) is 3.81. The highest BCUT2D eigenvalue weighted by atomic mass is 16.4. The Morgan fingerprint density at radius 1 is 0.933 bits per heavy atom. The summed E-state index contributed by atoms with van der Waals surface area (Å²) in [4.78, 5) is 10.0. The molecule has 0 amide bonds. The number of methoxy groups -OCH3 is 1. The smallest absolute Gasteiger partial charge is 0.150 e. The van der Waals surface area contributed by atoms with Gasteiger partial charge >= 0.3 is 0 Å². The minimum atomic E-state index is 0.729. The first-order valence-corrected chi connectivity index (χ1v) is 5.25. The van der Waals surface area contributed by atoms with Gasteiger partial charge in [0.15, 0.2) is 0 Å². The largest absolute Gasteiger partial charge is 0.388 e. The number of ether oxygens (including phenoxy) is 1. The summed E-state index contributed by atoms with van der Waals surface area (Å²) in [6.45, 7) is 8.00. The lowest BCUT2D eigenvalue weighted by atomic mass is 10.2. The minimum Gasteiger partial charge on any atom is -0.388 e. The summed E-state index contributed by atoms with van der Waals surface area (Å²) in [5, 5.41) is 0. The van der Waals surface area contributed by atoms with Crippen LogP contribution in [-0.2, 0) is 4.74 Å². The van der Waals surface area contributed by atoms with E-state index in [9.17, 15) is 4.79 Å². The van der Waals surface area contributed by atoms with Crippen molar-refractivity contribution in [2.24, 2.45) is 0 Å². The minimum absolute atomic E-state index is 0.729. The number of hydrogen-bond acceptors (Lipinski definition) is 2. The molecule has 2 nitrogen and oxygen atoms in total. The van der Waals surface area contributed by atoms with Gasteiger partial charge in [0.25, 0.3) is 0 Å². The zero-order chi connectivity index (χ0) is 12.5. The van der Waals surface area contributed by atoms with E-state index in [0.29, 0.717) is 0 Å². The average Bonchev–Trinajstić information content (AvgIpc) is 2.36. The Morgan fingerprint density at radius 2 is 1.27 bits per heavy atom. The van der Waals surface area contributed by atoms with Gasteiger partial charge in [-0.2, -0.15) is 0 Å². The Labute approximate surface area is 94.3 Å². The number of carbonyl (C=O) groups is 1. The highest BCUT2D eigenvalue weighted by molar-refractivity contribution is 5.74. The molecule has 0 aromatic heterocycles. The summed E-state index contributed by atoms with van der Waals surface area (Å²) >= 11 is 0. The van der Waals surface area contributed by atoms with Crippen molar-refractivity contribution in [3.63, 3.8) is 0 Å². The van der Waals surface area contributed by atoms with Gasteiger partial charge in [0, 0.05) is 19.8 Å². The van der Waals surface area contributed by atoms with Crippen LogP contribution in [0.25, 0.3) is 0 Å². The predicted molar refractivity (Wildman–Crippen MR) is 67.5 cm³/mol. The number of hydrogen-bond donors (Lipinski definition) is 0. The molecule has 0 aliphatic heterocycles. The van der Waals surface area contributed by atoms with Gasteiger partial charge in [0.05, 0.1) is 0 Å². The Balaban J connectivity index is -0.000000176. The second-order valence-corrected chi connectivity index (χ2v) is 1.94. The van der Waals surface area contributed by atoms with E-state index in [1.807, 2.05) is 45.9 Å². The van der Waals surface area contributed by atoms with E-state index >= 15 is 0 Å². The van der Waals surface area contributed by atoms with Crippen molar-refractivity contribution in [3.05, 3.63) is 35.9 Å². The standard InChI is InChI=1S/C7H6O.C2H6O.2C2H6/c8-6-7-4-2-1-3-5-7;1-3-2;2*1-2/h1-6H;1-2H3;2*1-2H3. The van der Waals surface area contributed by atoms with Crippen LogP contribution in [-0.4, -0.2) is 20.5 Å². The van der Waals surface area contributed by atoms with Gasteiger partial charge in [0.1, 0.15) is 6.29 Å². The van der Waals surface area contributed by atoms with Crippen molar-refractivity contribution in [1.29, 1.82) is 0 Å². The second kappa shape index (κ2) is 23.0. The molecule has 2 heteroatoms. The Kier molecular flexibility index (Phi) is 29.8. The molecule has 0 heterocycles. The van der Waals surface area contributed by atoms with Crippen LogP contribution in [0.1, 0.15) is 38.1 Å². The number of aldehydes is 1. The lowest BCUT2D eigenvalue weighted by Crippen LogP contribution is -1.73. The molecule has 0 aliphatic rings. The van der Waals surface area contributed by atoms with E-state index in [-0.39, 0.29) is 0 Å². The first-order valence-electron chi connectivity index (χ1n) is 5.25. The molecule has 0 bridgehead atoms. The van der Waals surface area contributed by atoms with Crippen molar-refractivity contribution in [2.45, 2.75) is 27.7 Å². The number of carbonyl (C=O) groups excluding carboxylic acids is 1. The molecular formula is C13H24O2. The first-order chi connectivity index (χ1) is 7.35. The maximum Gasteiger partial charge on any atom is 0.150 e. The fourth-order valence-corrected chi connectivity index (χ4v) is 0.532. The molecule has 0 atom stereocenters. The Morgan fingerprint density at radius 3 is 1.47 bits per heavy atom. The first kappa shape index (κ1) is 19.4. The third-order valence-electron chi connectivity index (χ3n) is 0.936. The van der Waals surface area contributed by atoms with Crippen LogP contribution >= 0.6 is 0 Å². The van der Waals surface area contributed by atoms with Crippen LogP contribution in [0.3, 0.4) is 0 Å². The highest BCUT2D eigenvalue weighted by Gasteiger charge is 1.79. The van der Waals surface area contributed by atoms with Gasteiger partial charge in [-0.25, -0.2) is 0 Å².